The minimum Gasteiger partial charge on any atom is -0.496 e. The molecule has 114 valence electrons. The molecule has 1 N–H and O–H groups in total. The summed E-state index contributed by atoms with van der Waals surface area (Å²) in [4.78, 5) is 0. The van der Waals surface area contributed by atoms with Gasteiger partial charge in [-0.15, -0.1) is 0 Å². The van der Waals surface area contributed by atoms with Gasteiger partial charge in [-0.25, -0.2) is 8.78 Å². The molecule has 1 aromatic carbocycles. The van der Waals surface area contributed by atoms with Gasteiger partial charge in [0.25, 0.3) is 6.43 Å². The number of hydrogen-bond donors (Lipinski definition) is 1. The molecule has 3 nitrogen and oxygen atoms in total. The molecule has 0 spiro atoms. The minimum absolute atomic E-state index is 0.0808. The third-order valence-electron chi connectivity index (χ3n) is 3.30. The van der Waals surface area contributed by atoms with Crippen molar-refractivity contribution in [1.29, 1.82) is 0 Å². The Bertz CT molecular complexity index is 425. The van der Waals surface area contributed by atoms with Crippen molar-refractivity contribution in [3.63, 3.8) is 0 Å². The maximum absolute atomic E-state index is 12.0. The van der Waals surface area contributed by atoms with Gasteiger partial charge in [-0.3, -0.25) is 0 Å². The predicted molar refractivity (Wildman–Crippen MR) is 75.7 cm³/mol. The first-order valence-corrected chi connectivity index (χ1v) is 6.67. The molecule has 20 heavy (non-hydrogen) atoms. The van der Waals surface area contributed by atoms with Gasteiger partial charge in [0, 0.05) is 12.6 Å². The SMILES string of the molecule is CNC(CCOCC(F)F)c1cc(C)c(OC)cc1C. The van der Waals surface area contributed by atoms with Crippen molar-refractivity contribution in [3.05, 3.63) is 28.8 Å². The van der Waals surface area contributed by atoms with Crippen molar-refractivity contribution < 1.29 is 18.3 Å². The number of ether oxygens (including phenoxy) is 2. The number of aryl methyl sites for hydroxylation is 2. The highest BCUT2D eigenvalue weighted by Crippen LogP contribution is 2.28. The lowest BCUT2D eigenvalue weighted by molar-refractivity contribution is 0.0145. The van der Waals surface area contributed by atoms with E-state index in [0.717, 1.165) is 22.4 Å². The average Bonchev–Trinajstić information content (AvgIpc) is 2.41. The molecular formula is C15H23F2NO2. The molecular weight excluding hydrogens is 264 g/mol. The van der Waals surface area contributed by atoms with E-state index in [1.54, 1.807) is 7.11 Å². The number of methoxy groups -OCH3 is 1. The lowest BCUT2D eigenvalue weighted by Gasteiger charge is -2.20. The second kappa shape index (κ2) is 8.17. The molecule has 0 fully saturated rings. The Morgan fingerprint density at radius 3 is 2.45 bits per heavy atom. The molecule has 1 aromatic rings. The van der Waals surface area contributed by atoms with Crippen molar-refractivity contribution in [3.8, 4) is 5.75 Å². The van der Waals surface area contributed by atoms with Crippen molar-refractivity contribution >= 4 is 0 Å². The van der Waals surface area contributed by atoms with Crippen LogP contribution in [0.5, 0.6) is 5.75 Å². The van der Waals surface area contributed by atoms with Gasteiger partial charge in [0.1, 0.15) is 12.4 Å². The normalized spacial score (nSPS) is 12.8. The molecule has 0 aliphatic heterocycles. The van der Waals surface area contributed by atoms with Gasteiger partial charge < -0.3 is 14.8 Å². The molecule has 0 radical (unpaired) electrons. The first-order valence-electron chi connectivity index (χ1n) is 6.67. The van der Waals surface area contributed by atoms with E-state index in [1.807, 2.05) is 27.0 Å². The van der Waals surface area contributed by atoms with Gasteiger partial charge in [-0.1, -0.05) is 6.07 Å². The van der Waals surface area contributed by atoms with Crippen molar-refractivity contribution in [2.24, 2.45) is 0 Å². The monoisotopic (exact) mass is 287 g/mol. The highest BCUT2D eigenvalue weighted by Gasteiger charge is 2.14. The van der Waals surface area contributed by atoms with E-state index in [9.17, 15) is 8.78 Å². The molecule has 0 amide bonds. The summed E-state index contributed by atoms with van der Waals surface area (Å²) >= 11 is 0. The van der Waals surface area contributed by atoms with Crippen LogP contribution in [0.4, 0.5) is 8.78 Å². The quantitative estimate of drug-likeness (QED) is 0.745. The Hall–Kier alpha value is -1.20. The van der Waals surface area contributed by atoms with Crippen molar-refractivity contribution in [2.75, 3.05) is 27.4 Å². The second-order valence-corrected chi connectivity index (χ2v) is 4.77. The fraction of sp³-hybridized carbons (Fsp3) is 0.600. The van der Waals surface area contributed by atoms with Gasteiger partial charge in [0.2, 0.25) is 0 Å². The smallest absolute Gasteiger partial charge is 0.261 e. The molecule has 0 bridgehead atoms. The number of benzene rings is 1. The number of nitrogens with one attached hydrogen (secondary N) is 1. The Morgan fingerprint density at radius 1 is 1.20 bits per heavy atom. The van der Waals surface area contributed by atoms with Crippen LogP contribution in [0.15, 0.2) is 12.1 Å². The van der Waals surface area contributed by atoms with Gasteiger partial charge in [-0.05, 0) is 50.1 Å². The standard InChI is InChI=1S/C15H23F2NO2/c1-10-8-14(19-4)11(2)7-12(10)13(18-3)5-6-20-9-15(16)17/h7-8,13,15,18H,5-6,9H2,1-4H3. The molecule has 1 atom stereocenters. The number of halogens is 2. The van der Waals surface area contributed by atoms with E-state index in [-0.39, 0.29) is 6.04 Å². The van der Waals surface area contributed by atoms with Crippen LogP contribution >= 0.6 is 0 Å². The Balaban J connectivity index is 2.72. The lowest BCUT2D eigenvalue weighted by Crippen LogP contribution is -2.20. The van der Waals surface area contributed by atoms with Crippen LogP contribution in [0.25, 0.3) is 0 Å². The van der Waals surface area contributed by atoms with Gasteiger partial charge >= 0.3 is 0 Å². The summed E-state index contributed by atoms with van der Waals surface area (Å²) in [7, 11) is 3.51. The fourth-order valence-corrected chi connectivity index (χ4v) is 2.24. The summed E-state index contributed by atoms with van der Waals surface area (Å²) in [6.45, 7) is 3.81. The van der Waals surface area contributed by atoms with Crippen molar-refractivity contribution in [1.82, 2.24) is 5.32 Å². The molecule has 0 aliphatic rings. The molecule has 5 heteroatoms. The maximum Gasteiger partial charge on any atom is 0.261 e. The van der Waals surface area contributed by atoms with Crippen LogP contribution in [-0.2, 0) is 4.74 Å². The van der Waals surface area contributed by atoms with Crippen LogP contribution in [0.3, 0.4) is 0 Å². The van der Waals surface area contributed by atoms with Crippen LogP contribution in [0, 0.1) is 13.8 Å². The van der Waals surface area contributed by atoms with Crippen LogP contribution in [0.1, 0.15) is 29.2 Å². The zero-order valence-electron chi connectivity index (χ0n) is 12.5. The van der Waals surface area contributed by atoms with E-state index in [0.29, 0.717) is 13.0 Å². The Kier molecular flexibility index (Phi) is 6.88. The van der Waals surface area contributed by atoms with E-state index >= 15 is 0 Å². The lowest BCUT2D eigenvalue weighted by atomic mass is 9.96. The summed E-state index contributed by atoms with van der Waals surface area (Å²) in [6.07, 6.45) is -1.76. The number of rotatable bonds is 8. The predicted octanol–water partition coefficient (Wildman–Crippen LogP) is 3.24. The highest BCUT2D eigenvalue weighted by atomic mass is 19.3. The van der Waals surface area contributed by atoms with Gasteiger partial charge in [-0.2, -0.15) is 0 Å². The van der Waals surface area contributed by atoms with E-state index in [2.05, 4.69) is 11.4 Å². The maximum atomic E-state index is 12.0. The zero-order chi connectivity index (χ0) is 15.1. The van der Waals surface area contributed by atoms with Gasteiger partial charge in [0.15, 0.2) is 0 Å². The average molecular weight is 287 g/mol. The molecule has 0 aliphatic carbocycles. The summed E-state index contributed by atoms with van der Waals surface area (Å²) in [5.74, 6) is 0.857. The van der Waals surface area contributed by atoms with Crippen LogP contribution in [0.2, 0.25) is 0 Å². The third-order valence-corrected chi connectivity index (χ3v) is 3.30. The number of alkyl halides is 2. The second-order valence-electron chi connectivity index (χ2n) is 4.77. The molecule has 0 aromatic heterocycles. The topological polar surface area (TPSA) is 30.5 Å². The molecule has 1 unspecified atom stereocenters. The third kappa shape index (κ3) is 4.72. The molecule has 0 saturated heterocycles. The molecule has 0 saturated carbocycles. The van der Waals surface area contributed by atoms with E-state index in [1.165, 1.54) is 0 Å². The first-order chi connectivity index (χ1) is 9.49. The first kappa shape index (κ1) is 16.9. The summed E-state index contributed by atoms with van der Waals surface area (Å²) in [6, 6.07) is 4.15. The van der Waals surface area contributed by atoms with Crippen LogP contribution < -0.4 is 10.1 Å². The summed E-state index contributed by atoms with van der Waals surface area (Å²) in [5, 5.41) is 3.20. The molecule has 1 rings (SSSR count). The van der Waals surface area contributed by atoms with E-state index < -0.39 is 13.0 Å². The van der Waals surface area contributed by atoms with Gasteiger partial charge in [0.05, 0.1) is 7.11 Å². The summed E-state index contributed by atoms with van der Waals surface area (Å²) < 4.78 is 34.3. The minimum atomic E-state index is -2.41. The Morgan fingerprint density at radius 2 is 1.90 bits per heavy atom. The molecule has 0 heterocycles. The van der Waals surface area contributed by atoms with Crippen molar-refractivity contribution in [2.45, 2.75) is 32.7 Å². The fourth-order valence-electron chi connectivity index (χ4n) is 2.24. The number of hydrogen-bond acceptors (Lipinski definition) is 3. The Labute approximate surface area is 119 Å². The highest BCUT2D eigenvalue weighted by molar-refractivity contribution is 5.42. The largest absolute Gasteiger partial charge is 0.496 e. The van der Waals surface area contributed by atoms with Crippen LogP contribution in [-0.4, -0.2) is 33.8 Å². The summed E-state index contributed by atoms with van der Waals surface area (Å²) in [5.41, 5.74) is 3.31. The van der Waals surface area contributed by atoms with E-state index in [4.69, 9.17) is 9.47 Å². The zero-order valence-corrected chi connectivity index (χ0v) is 12.5.